The summed E-state index contributed by atoms with van der Waals surface area (Å²) in [5, 5.41) is 20.7. The number of benzene rings is 3. The number of para-hydroxylation sites is 1. The predicted molar refractivity (Wildman–Crippen MR) is 124 cm³/mol. The van der Waals surface area contributed by atoms with Crippen molar-refractivity contribution in [2.24, 2.45) is 5.41 Å². The fraction of sp³-hybridized carbons (Fsp3) is 0.179. The van der Waals surface area contributed by atoms with Crippen molar-refractivity contribution < 1.29 is 18.0 Å². The molecule has 0 aliphatic carbocycles. The molecule has 0 unspecified atom stereocenters. The van der Waals surface area contributed by atoms with E-state index in [-0.39, 0.29) is 11.3 Å². The molecule has 1 saturated heterocycles. The van der Waals surface area contributed by atoms with Gasteiger partial charge in [0.2, 0.25) is 0 Å². The van der Waals surface area contributed by atoms with E-state index in [0.29, 0.717) is 11.3 Å². The molecule has 5 rings (SSSR count). The number of ketones is 1. The largest absolute Gasteiger partial charge is 0.416 e. The summed E-state index contributed by atoms with van der Waals surface area (Å²) in [4.78, 5) is 15.7. The Balaban J connectivity index is 1.79. The normalized spacial score (nSPS) is 22.0. The highest BCUT2D eigenvalue weighted by molar-refractivity contribution is 6.04. The fourth-order valence-electron chi connectivity index (χ4n) is 5.29. The maximum Gasteiger partial charge on any atom is 0.416 e. The number of anilines is 1. The second-order valence-electron chi connectivity index (χ2n) is 8.64. The van der Waals surface area contributed by atoms with Crippen molar-refractivity contribution in [3.8, 4) is 12.1 Å². The second-order valence-corrected chi connectivity index (χ2v) is 8.64. The first kappa shape index (κ1) is 22.4. The minimum atomic E-state index is -4.62. The minimum Gasteiger partial charge on any atom is -0.351 e. The van der Waals surface area contributed by atoms with Crippen LogP contribution in [0.3, 0.4) is 0 Å². The Labute approximate surface area is 200 Å². The molecular weight excluding hydrogens is 451 g/mol. The van der Waals surface area contributed by atoms with Gasteiger partial charge in [-0.25, -0.2) is 0 Å². The highest BCUT2D eigenvalue weighted by Gasteiger charge is 2.63. The van der Waals surface area contributed by atoms with Crippen molar-refractivity contribution in [2.45, 2.75) is 24.2 Å². The van der Waals surface area contributed by atoms with Crippen LogP contribution in [0.1, 0.15) is 33.0 Å². The number of nitriles is 2. The highest BCUT2D eigenvalue weighted by atomic mass is 19.4. The molecule has 7 heteroatoms. The summed E-state index contributed by atoms with van der Waals surface area (Å²) >= 11 is 0. The van der Waals surface area contributed by atoms with Gasteiger partial charge in [0.25, 0.3) is 0 Å². The van der Waals surface area contributed by atoms with Gasteiger partial charge in [-0.15, -0.1) is 0 Å². The fourth-order valence-corrected chi connectivity index (χ4v) is 5.29. The Morgan fingerprint density at radius 3 is 2.29 bits per heavy atom. The van der Waals surface area contributed by atoms with Crippen molar-refractivity contribution in [3.05, 3.63) is 107 Å². The molecule has 0 N–H and O–H groups in total. The van der Waals surface area contributed by atoms with Gasteiger partial charge in [-0.1, -0.05) is 78.9 Å². The number of fused-ring (bicyclic) bond motifs is 3. The van der Waals surface area contributed by atoms with Gasteiger partial charge in [0.1, 0.15) is 6.04 Å². The summed E-state index contributed by atoms with van der Waals surface area (Å²) in [7, 11) is 0. The van der Waals surface area contributed by atoms with E-state index >= 15 is 0 Å². The molecule has 172 valence electrons. The van der Waals surface area contributed by atoms with E-state index in [0.717, 1.165) is 17.7 Å². The predicted octanol–water partition coefficient (Wildman–Crippen LogP) is 5.99. The molecule has 2 heterocycles. The minimum absolute atomic E-state index is 0.123. The molecule has 0 spiro atoms. The van der Waals surface area contributed by atoms with Crippen LogP contribution < -0.4 is 4.90 Å². The van der Waals surface area contributed by atoms with Gasteiger partial charge in [-0.2, -0.15) is 23.7 Å². The number of rotatable bonds is 3. The number of carbonyl (C=O) groups is 1. The molecule has 1 fully saturated rings. The Kier molecular flexibility index (Phi) is 5.22. The lowest BCUT2D eigenvalue weighted by atomic mass is 9.69. The first-order valence-corrected chi connectivity index (χ1v) is 11.0. The molecule has 3 aromatic carbocycles. The summed E-state index contributed by atoms with van der Waals surface area (Å²) in [6, 6.07) is 22.6. The average Bonchev–Trinajstić information content (AvgIpc) is 3.19. The van der Waals surface area contributed by atoms with Crippen LogP contribution in [0.25, 0.3) is 6.08 Å². The van der Waals surface area contributed by atoms with Gasteiger partial charge in [-0.05, 0) is 23.3 Å². The first-order chi connectivity index (χ1) is 16.8. The third-order valence-electron chi connectivity index (χ3n) is 6.82. The molecule has 0 aromatic heterocycles. The van der Waals surface area contributed by atoms with Crippen LogP contribution in [-0.2, 0) is 6.18 Å². The van der Waals surface area contributed by atoms with Gasteiger partial charge in [-0.3, -0.25) is 4.79 Å². The van der Waals surface area contributed by atoms with E-state index < -0.39 is 35.2 Å². The van der Waals surface area contributed by atoms with Crippen LogP contribution in [0, 0.1) is 28.1 Å². The average molecular weight is 469 g/mol. The standard InChI is InChI=1S/C28H18F3N3O/c29-28(30,31)21-11-6-10-20(15-21)24-25(26(35)19-8-2-1-3-9-19)34-22-12-5-4-7-18(22)13-14-23(34)27(24,16-32)17-33/h1-15,23-25H/t23-,24+,25+/m0/s1. The summed E-state index contributed by atoms with van der Waals surface area (Å²) in [5.74, 6) is -1.50. The monoisotopic (exact) mass is 469 g/mol. The summed E-state index contributed by atoms with van der Waals surface area (Å²) in [6.07, 6.45) is -1.12. The van der Waals surface area contributed by atoms with Crippen LogP contribution in [0.2, 0.25) is 0 Å². The molecule has 35 heavy (non-hydrogen) atoms. The zero-order chi connectivity index (χ0) is 24.8. The molecule has 3 aromatic rings. The Morgan fingerprint density at radius 1 is 0.914 bits per heavy atom. The molecule has 2 aliphatic rings. The van der Waals surface area contributed by atoms with Crippen LogP contribution in [0.4, 0.5) is 18.9 Å². The lowest BCUT2D eigenvalue weighted by Gasteiger charge is -2.35. The number of Topliss-reactive ketones (excluding diaryl/α,β-unsaturated/α-hetero) is 1. The molecule has 0 saturated carbocycles. The topological polar surface area (TPSA) is 67.9 Å². The SMILES string of the molecule is N#CC1(C#N)[C@H](c2cccc(C(F)(F)F)c2)[C@H](C(=O)c2ccccc2)N2c3ccccc3C=C[C@H]21. The van der Waals surface area contributed by atoms with Crippen LogP contribution >= 0.6 is 0 Å². The number of halogens is 3. The lowest BCUT2D eigenvalue weighted by Crippen LogP contribution is -2.44. The Bertz CT molecular complexity index is 1400. The van der Waals surface area contributed by atoms with Gasteiger partial charge < -0.3 is 4.90 Å². The van der Waals surface area contributed by atoms with Crippen molar-refractivity contribution in [3.63, 3.8) is 0 Å². The summed E-state index contributed by atoms with van der Waals surface area (Å²) in [6.45, 7) is 0. The van der Waals surface area contributed by atoms with Crippen LogP contribution in [0.15, 0.2) is 84.9 Å². The molecule has 0 radical (unpaired) electrons. The second kappa shape index (κ2) is 8.14. The number of carbonyl (C=O) groups excluding carboxylic acids is 1. The van der Waals surface area contributed by atoms with Gasteiger partial charge in [0.15, 0.2) is 11.2 Å². The van der Waals surface area contributed by atoms with Crippen molar-refractivity contribution in [1.29, 1.82) is 10.5 Å². The zero-order valence-corrected chi connectivity index (χ0v) is 18.3. The van der Waals surface area contributed by atoms with Crippen molar-refractivity contribution in [2.75, 3.05) is 4.90 Å². The highest BCUT2D eigenvalue weighted by Crippen LogP contribution is 2.55. The van der Waals surface area contributed by atoms with E-state index in [4.69, 9.17) is 0 Å². The number of nitrogens with zero attached hydrogens (tertiary/aromatic N) is 3. The lowest BCUT2D eigenvalue weighted by molar-refractivity contribution is -0.137. The van der Waals surface area contributed by atoms with Gasteiger partial charge >= 0.3 is 6.18 Å². The number of hydrogen-bond acceptors (Lipinski definition) is 4. The van der Waals surface area contributed by atoms with E-state index in [9.17, 15) is 28.5 Å². The van der Waals surface area contributed by atoms with E-state index in [1.807, 2.05) is 12.1 Å². The molecule has 0 amide bonds. The quantitative estimate of drug-likeness (QED) is 0.442. The molecule has 2 aliphatic heterocycles. The summed E-state index contributed by atoms with van der Waals surface area (Å²) < 4.78 is 40.8. The molecule has 4 nitrogen and oxygen atoms in total. The first-order valence-electron chi connectivity index (χ1n) is 11.0. The van der Waals surface area contributed by atoms with E-state index in [2.05, 4.69) is 12.1 Å². The van der Waals surface area contributed by atoms with Crippen molar-refractivity contribution in [1.82, 2.24) is 0 Å². The third kappa shape index (κ3) is 3.40. The molecule has 3 atom stereocenters. The zero-order valence-electron chi connectivity index (χ0n) is 18.3. The van der Waals surface area contributed by atoms with Gasteiger partial charge in [0.05, 0.1) is 23.7 Å². The van der Waals surface area contributed by atoms with E-state index in [1.165, 1.54) is 12.1 Å². The Morgan fingerprint density at radius 2 is 1.60 bits per heavy atom. The number of hydrogen-bond donors (Lipinski definition) is 0. The third-order valence-corrected chi connectivity index (χ3v) is 6.82. The smallest absolute Gasteiger partial charge is 0.351 e. The maximum absolute atomic E-state index is 14.0. The van der Waals surface area contributed by atoms with Crippen LogP contribution in [0.5, 0.6) is 0 Å². The van der Waals surface area contributed by atoms with E-state index in [1.54, 1.807) is 59.5 Å². The Hall–Kier alpha value is -4.36. The molecule has 0 bridgehead atoms. The van der Waals surface area contributed by atoms with Gasteiger partial charge in [0, 0.05) is 17.2 Å². The molecular formula is C28H18F3N3O. The number of alkyl halides is 3. The summed E-state index contributed by atoms with van der Waals surface area (Å²) in [5.41, 5.74) is -0.776. The van der Waals surface area contributed by atoms with Crippen molar-refractivity contribution >= 4 is 17.5 Å². The van der Waals surface area contributed by atoms with Crippen LogP contribution in [-0.4, -0.2) is 17.9 Å². The maximum atomic E-state index is 14.0.